The minimum atomic E-state index is -0.709. The van der Waals surface area contributed by atoms with Gasteiger partial charge in [0.05, 0.1) is 6.61 Å². The zero-order valence-corrected chi connectivity index (χ0v) is 14.2. The zero-order chi connectivity index (χ0) is 16.9. The summed E-state index contributed by atoms with van der Waals surface area (Å²) < 4.78 is 6.18. The highest BCUT2D eigenvalue weighted by Crippen LogP contribution is 2.29. The quantitative estimate of drug-likeness (QED) is 0.721. The van der Waals surface area contributed by atoms with Crippen LogP contribution in [0.25, 0.3) is 10.1 Å². The fraction of sp³-hybridized carbons (Fsp3) is 0.211. The summed E-state index contributed by atoms with van der Waals surface area (Å²) in [7, 11) is 1.63. The van der Waals surface area contributed by atoms with E-state index < -0.39 is 6.10 Å². The van der Waals surface area contributed by atoms with Gasteiger partial charge in [0.2, 0.25) is 0 Å². The van der Waals surface area contributed by atoms with Crippen molar-refractivity contribution in [1.29, 1.82) is 0 Å². The van der Waals surface area contributed by atoms with E-state index in [0.29, 0.717) is 12.2 Å². The molecule has 2 N–H and O–H groups in total. The lowest BCUT2D eigenvalue weighted by molar-refractivity contribution is 0.0918. The number of fused-ring (bicyclic) bond motifs is 1. The Bertz CT molecular complexity index is 793. The van der Waals surface area contributed by atoms with Gasteiger partial charge in [-0.3, -0.25) is 4.79 Å². The van der Waals surface area contributed by atoms with Gasteiger partial charge in [0, 0.05) is 28.8 Å². The van der Waals surface area contributed by atoms with Crippen molar-refractivity contribution >= 4 is 27.3 Å². The summed E-state index contributed by atoms with van der Waals surface area (Å²) >= 11 is 1.55. The van der Waals surface area contributed by atoms with Crippen molar-refractivity contribution in [1.82, 2.24) is 5.32 Å². The maximum absolute atomic E-state index is 12.2. The number of aliphatic hydroxyl groups is 1. The lowest BCUT2D eigenvalue weighted by Crippen LogP contribution is -2.28. The van der Waals surface area contributed by atoms with Crippen LogP contribution in [0.1, 0.15) is 26.9 Å². The highest BCUT2D eigenvalue weighted by atomic mass is 32.1. The summed E-state index contributed by atoms with van der Waals surface area (Å²) in [6.45, 7) is 0.706. The van der Waals surface area contributed by atoms with Crippen LogP contribution in [0.5, 0.6) is 0 Å². The number of ether oxygens (including phenoxy) is 1. The number of nitrogens with one attached hydrogen (secondary N) is 1. The molecule has 0 aliphatic heterocycles. The number of methoxy groups -OCH3 is 1. The van der Waals surface area contributed by atoms with Crippen LogP contribution >= 0.6 is 11.3 Å². The molecule has 0 saturated carbocycles. The average molecular weight is 341 g/mol. The van der Waals surface area contributed by atoms with Gasteiger partial charge in [-0.25, -0.2) is 0 Å². The molecule has 1 unspecified atom stereocenters. The summed E-state index contributed by atoms with van der Waals surface area (Å²) in [6.07, 6.45) is -0.709. The second-order valence-electron chi connectivity index (χ2n) is 5.54. The summed E-state index contributed by atoms with van der Waals surface area (Å²) in [6, 6.07) is 17.2. The number of aliphatic hydroxyl groups excluding tert-OH is 1. The monoisotopic (exact) mass is 341 g/mol. The second kappa shape index (κ2) is 7.57. The van der Waals surface area contributed by atoms with Crippen LogP contribution in [0.2, 0.25) is 0 Å². The van der Waals surface area contributed by atoms with Gasteiger partial charge in [-0.05, 0) is 35.2 Å². The van der Waals surface area contributed by atoms with Crippen LogP contribution in [0.15, 0.2) is 54.6 Å². The predicted octanol–water partition coefficient (Wildman–Crippen LogP) is 3.51. The van der Waals surface area contributed by atoms with Crippen molar-refractivity contribution in [2.45, 2.75) is 12.7 Å². The molecule has 0 aliphatic rings. The zero-order valence-electron chi connectivity index (χ0n) is 13.4. The van der Waals surface area contributed by atoms with Crippen LogP contribution in [0.4, 0.5) is 0 Å². The summed E-state index contributed by atoms with van der Waals surface area (Å²) in [5.41, 5.74) is 1.58. The summed E-state index contributed by atoms with van der Waals surface area (Å²) in [5, 5.41) is 14.2. The number of thiophene rings is 1. The highest BCUT2D eigenvalue weighted by molar-refractivity contribution is 7.19. The van der Waals surface area contributed by atoms with Crippen LogP contribution in [-0.4, -0.2) is 24.7 Å². The Hall–Kier alpha value is -2.21. The molecule has 3 aromatic rings. The predicted molar refractivity (Wildman–Crippen MR) is 96.3 cm³/mol. The number of hydrogen-bond donors (Lipinski definition) is 2. The van der Waals surface area contributed by atoms with Crippen molar-refractivity contribution in [3.8, 4) is 0 Å². The van der Waals surface area contributed by atoms with Crippen LogP contribution < -0.4 is 5.32 Å². The normalized spacial score (nSPS) is 12.2. The van der Waals surface area contributed by atoms with Crippen molar-refractivity contribution in [3.63, 3.8) is 0 Å². The molecule has 3 rings (SSSR count). The molecular weight excluding hydrogens is 322 g/mol. The third-order valence-electron chi connectivity index (χ3n) is 3.76. The first kappa shape index (κ1) is 16.6. The Kier molecular flexibility index (Phi) is 5.25. The van der Waals surface area contributed by atoms with Crippen LogP contribution in [-0.2, 0) is 11.3 Å². The summed E-state index contributed by atoms with van der Waals surface area (Å²) in [4.78, 5) is 13.0. The molecule has 0 aliphatic carbocycles. The van der Waals surface area contributed by atoms with E-state index >= 15 is 0 Å². The fourth-order valence-electron chi connectivity index (χ4n) is 2.48. The maximum atomic E-state index is 12.2. The molecule has 5 heteroatoms. The Morgan fingerprint density at radius 2 is 1.96 bits per heavy atom. The van der Waals surface area contributed by atoms with E-state index in [1.165, 1.54) is 0 Å². The van der Waals surface area contributed by atoms with Gasteiger partial charge in [-0.15, -0.1) is 11.3 Å². The molecule has 1 atom stereocenters. The average Bonchev–Trinajstić information content (AvgIpc) is 3.04. The van der Waals surface area contributed by atoms with E-state index in [-0.39, 0.29) is 12.5 Å². The van der Waals surface area contributed by atoms with Crippen LogP contribution in [0.3, 0.4) is 0 Å². The van der Waals surface area contributed by atoms with Crippen molar-refractivity contribution in [2.24, 2.45) is 0 Å². The van der Waals surface area contributed by atoms with Crippen molar-refractivity contribution < 1.29 is 14.6 Å². The van der Waals surface area contributed by atoms with E-state index in [0.717, 1.165) is 20.5 Å². The van der Waals surface area contributed by atoms with Crippen molar-refractivity contribution in [3.05, 3.63) is 70.6 Å². The first-order chi connectivity index (χ1) is 11.7. The molecule has 0 spiro atoms. The SMILES string of the molecule is COCc1ccc(C(=O)NCC(O)c2cc3ccccc3s2)cc1. The molecule has 1 amide bonds. The molecule has 0 fully saturated rings. The topological polar surface area (TPSA) is 58.6 Å². The fourth-order valence-corrected chi connectivity index (χ4v) is 3.53. The Morgan fingerprint density at radius 3 is 2.67 bits per heavy atom. The van der Waals surface area contributed by atoms with Gasteiger partial charge in [-0.2, -0.15) is 0 Å². The maximum Gasteiger partial charge on any atom is 0.251 e. The Labute approximate surface area is 144 Å². The number of amides is 1. The minimum absolute atomic E-state index is 0.186. The van der Waals surface area contributed by atoms with E-state index in [9.17, 15) is 9.90 Å². The molecule has 2 aromatic carbocycles. The second-order valence-corrected chi connectivity index (χ2v) is 6.66. The first-order valence-corrected chi connectivity index (χ1v) is 8.51. The van der Waals surface area contributed by atoms with Gasteiger partial charge < -0.3 is 15.2 Å². The largest absolute Gasteiger partial charge is 0.386 e. The van der Waals surface area contributed by atoms with Crippen LogP contribution in [0, 0.1) is 0 Å². The molecule has 0 bridgehead atoms. The molecular formula is C19H19NO3S. The Morgan fingerprint density at radius 1 is 1.21 bits per heavy atom. The number of benzene rings is 2. The number of rotatable bonds is 6. The van der Waals surface area contributed by atoms with E-state index in [4.69, 9.17) is 4.74 Å². The Balaban J connectivity index is 1.60. The smallest absolute Gasteiger partial charge is 0.251 e. The van der Waals surface area contributed by atoms with Crippen molar-refractivity contribution in [2.75, 3.05) is 13.7 Å². The number of hydrogen-bond acceptors (Lipinski definition) is 4. The van der Waals surface area contributed by atoms with Gasteiger partial charge in [0.1, 0.15) is 6.10 Å². The molecule has 4 nitrogen and oxygen atoms in total. The van der Waals surface area contributed by atoms with Gasteiger partial charge in [-0.1, -0.05) is 30.3 Å². The third-order valence-corrected chi connectivity index (χ3v) is 4.97. The van der Waals surface area contributed by atoms with E-state index in [1.54, 1.807) is 30.6 Å². The minimum Gasteiger partial charge on any atom is -0.386 e. The molecule has 24 heavy (non-hydrogen) atoms. The lowest BCUT2D eigenvalue weighted by atomic mass is 10.1. The third kappa shape index (κ3) is 3.82. The molecule has 0 saturated heterocycles. The van der Waals surface area contributed by atoms with E-state index in [1.807, 2.05) is 42.5 Å². The molecule has 1 heterocycles. The lowest BCUT2D eigenvalue weighted by Gasteiger charge is -2.10. The summed E-state index contributed by atoms with van der Waals surface area (Å²) in [5.74, 6) is -0.195. The highest BCUT2D eigenvalue weighted by Gasteiger charge is 2.13. The van der Waals surface area contributed by atoms with Gasteiger partial charge in [0.25, 0.3) is 5.91 Å². The van der Waals surface area contributed by atoms with Gasteiger partial charge >= 0.3 is 0 Å². The standard InChI is InChI=1S/C19H19NO3S/c1-23-12-13-6-8-14(9-7-13)19(22)20-11-16(21)18-10-15-4-2-3-5-17(15)24-18/h2-10,16,21H,11-12H2,1H3,(H,20,22). The molecule has 0 radical (unpaired) electrons. The molecule has 1 aromatic heterocycles. The number of carbonyl (C=O) groups excluding carboxylic acids is 1. The molecule has 124 valence electrons. The number of carbonyl (C=O) groups is 1. The van der Waals surface area contributed by atoms with E-state index in [2.05, 4.69) is 5.32 Å². The van der Waals surface area contributed by atoms with Gasteiger partial charge in [0.15, 0.2) is 0 Å². The first-order valence-electron chi connectivity index (χ1n) is 7.70.